The number of anilines is 1. The number of fused-ring (bicyclic) bond motifs is 1. The number of thioether (sulfide) groups is 1. The molecule has 1 N–H and O–H groups in total. The Kier molecular flexibility index (Phi) is 4.73. The zero-order valence-corrected chi connectivity index (χ0v) is 16.4. The van der Waals surface area contributed by atoms with E-state index in [0.29, 0.717) is 5.56 Å². The molecule has 3 aliphatic rings. The number of amidine groups is 1. The van der Waals surface area contributed by atoms with E-state index in [2.05, 4.69) is 10.3 Å². The molecule has 1 amide bonds. The number of nitrogens with one attached hydrogen (secondary N) is 1. The molecule has 0 aliphatic carbocycles. The third-order valence-corrected chi connectivity index (χ3v) is 8.33. The molecule has 0 saturated carbocycles. The second-order valence-corrected chi connectivity index (χ2v) is 10.6. The first-order chi connectivity index (χ1) is 12.4. The van der Waals surface area contributed by atoms with Crippen molar-refractivity contribution in [2.45, 2.75) is 37.5 Å². The molecule has 26 heavy (non-hydrogen) atoms. The lowest BCUT2D eigenvalue weighted by molar-refractivity contribution is 0.0724. The van der Waals surface area contributed by atoms with Gasteiger partial charge in [0.15, 0.2) is 15.0 Å². The Labute approximate surface area is 158 Å². The Bertz CT molecular complexity index is 860. The molecular weight excluding hydrogens is 370 g/mol. The quantitative estimate of drug-likeness (QED) is 0.834. The molecule has 6 nitrogen and oxygen atoms in total. The van der Waals surface area contributed by atoms with Gasteiger partial charge in [0.1, 0.15) is 0 Å². The van der Waals surface area contributed by atoms with Crippen LogP contribution in [0.5, 0.6) is 0 Å². The average Bonchev–Trinajstić information content (AvgIpc) is 3.09. The number of amides is 1. The van der Waals surface area contributed by atoms with Gasteiger partial charge in [-0.1, -0.05) is 17.8 Å². The average molecular weight is 394 g/mol. The summed E-state index contributed by atoms with van der Waals surface area (Å²) in [6.45, 7) is 3.65. The standard InChI is InChI=1S/C18H23N3O3S2/c1-12-5-6-13(17(22)21-7-3-2-4-8-21)9-14(12)19-18-20-15-10-26(23,24)11-16(15)25-18/h5-6,9,15-16H,2-4,7-8,10-11H2,1H3,(H,19,20)/t15-,16+/m1/s1. The predicted octanol–water partition coefficient (Wildman–Crippen LogP) is 2.30. The van der Waals surface area contributed by atoms with Crippen molar-refractivity contribution in [1.29, 1.82) is 0 Å². The number of sulfone groups is 1. The molecule has 0 spiro atoms. The summed E-state index contributed by atoms with van der Waals surface area (Å²) in [5, 5.41) is 4.08. The van der Waals surface area contributed by atoms with Gasteiger partial charge < -0.3 is 10.2 Å². The van der Waals surface area contributed by atoms with Crippen molar-refractivity contribution < 1.29 is 13.2 Å². The summed E-state index contributed by atoms with van der Waals surface area (Å²) >= 11 is 1.49. The number of rotatable bonds is 2. The second kappa shape index (κ2) is 6.88. The van der Waals surface area contributed by atoms with Gasteiger partial charge in [0, 0.05) is 29.6 Å². The highest BCUT2D eigenvalue weighted by atomic mass is 32.2. The Balaban J connectivity index is 1.50. The topological polar surface area (TPSA) is 78.8 Å². The maximum Gasteiger partial charge on any atom is 0.253 e. The lowest BCUT2D eigenvalue weighted by Crippen LogP contribution is -2.35. The molecule has 0 radical (unpaired) electrons. The Morgan fingerprint density at radius 2 is 2.00 bits per heavy atom. The normalized spacial score (nSPS) is 27.1. The summed E-state index contributed by atoms with van der Waals surface area (Å²) in [5.41, 5.74) is 2.58. The van der Waals surface area contributed by atoms with E-state index in [0.717, 1.165) is 42.3 Å². The molecule has 8 heteroatoms. The van der Waals surface area contributed by atoms with Crippen molar-refractivity contribution in [2.24, 2.45) is 4.99 Å². The molecular formula is C18H23N3O3S2. The number of benzene rings is 1. The number of carbonyl (C=O) groups is 1. The highest BCUT2D eigenvalue weighted by Gasteiger charge is 2.42. The minimum atomic E-state index is -2.95. The summed E-state index contributed by atoms with van der Waals surface area (Å²) in [7, 11) is -2.95. The van der Waals surface area contributed by atoms with E-state index in [1.165, 1.54) is 18.2 Å². The first kappa shape index (κ1) is 17.9. The summed E-state index contributed by atoms with van der Waals surface area (Å²) in [4.78, 5) is 19.2. The lowest BCUT2D eigenvalue weighted by Gasteiger charge is -2.27. The van der Waals surface area contributed by atoms with Gasteiger partial charge in [-0.25, -0.2) is 8.42 Å². The molecule has 2 fully saturated rings. The van der Waals surface area contributed by atoms with Crippen LogP contribution < -0.4 is 5.32 Å². The smallest absolute Gasteiger partial charge is 0.253 e. The minimum absolute atomic E-state index is 0.0148. The van der Waals surface area contributed by atoms with Crippen LogP contribution in [0.2, 0.25) is 0 Å². The monoisotopic (exact) mass is 393 g/mol. The molecule has 0 aromatic heterocycles. The van der Waals surface area contributed by atoms with Gasteiger partial charge in [0.25, 0.3) is 5.91 Å². The van der Waals surface area contributed by atoms with Crippen LogP contribution in [-0.4, -0.2) is 60.3 Å². The fraction of sp³-hybridized carbons (Fsp3) is 0.556. The molecule has 0 unspecified atom stereocenters. The molecule has 4 rings (SSSR count). The number of aryl methyl sites for hydroxylation is 1. The third kappa shape index (κ3) is 3.62. The van der Waals surface area contributed by atoms with E-state index >= 15 is 0 Å². The van der Waals surface area contributed by atoms with Crippen molar-refractivity contribution >= 4 is 38.4 Å². The highest BCUT2D eigenvalue weighted by molar-refractivity contribution is 8.15. The van der Waals surface area contributed by atoms with Crippen LogP contribution in [-0.2, 0) is 9.84 Å². The Morgan fingerprint density at radius 1 is 1.23 bits per heavy atom. The van der Waals surface area contributed by atoms with Crippen LogP contribution in [0.25, 0.3) is 0 Å². The van der Waals surface area contributed by atoms with E-state index in [-0.39, 0.29) is 28.7 Å². The van der Waals surface area contributed by atoms with Crippen LogP contribution in [0.3, 0.4) is 0 Å². The number of carbonyl (C=O) groups excluding carboxylic acids is 1. The Hall–Kier alpha value is -1.54. The number of nitrogens with zero attached hydrogens (tertiary/aromatic N) is 2. The molecule has 0 bridgehead atoms. The molecule has 3 heterocycles. The van der Waals surface area contributed by atoms with Crippen molar-refractivity contribution in [3.05, 3.63) is 29.3 Å². The molecule has 2 atom stereocenters. The van der Waals surface area contributed by atoms with E-state index in [1.54, 1.807) is 0 Å². The van der Waals surface area contributed by atoms with E-state index < -0.39 is 9.84 Å². The van der Waals surface area contributed by atoms with Gasteiger partial charge in [-0.15, -0.1) is 0 Å². The summed E-state index contributed by atoms with van der Waals surface area (Å²) < 4.78 is 23.4. The number of aliphatic imine (C=N–C) groups is 1. The van der Waals surface area contributed by atoms with E-state index in [4.69, 9.17) is 0 Å². The van der Waals surface area contributed by atoms with E-state index in [9.17, 15) is 13.2 Å². The van der Waals surface area contributed by atoms with Crippen LogP contribution in [0, 0.1) is 6.92 Å². The molecule has 1 aromatic rings. The highest BCUT2D eigenvalue weighted by Crippen LogP contribution is 2.35. The van der Waals surface area contributed by atoms with Crippen molar-refractivity contribution in [2.75, 3.05) is 29.9 Å². The van der Waals surface area contributed by atoms with Gasteiger partial charge in [0.05, 0.1) is 17.5 Å². The SMILES string of the molecule is Cc1ccc(C(=O)N2CCCCC2)cc1NC1=N[C@@H]2CS(=O)(=O)C[C@@H]2S1. The van der Waals surface area contributed by atoms with Crippen LogP contribution >= 0.6 is 11.8 Å². The summed E-state index contributed by atoms with van der Waals surface area (Å²) in [6.07, 6.45) is 3.34. The van der Waals surface area contributed by atoms with E-state index in [1.807, 2.05) is 30.0 Å². The molecule has 3 aliphatic heterocycles. The number of hydrogen-bond acceptors (Lipinski definition) is 6. The minimum Gasteiger partial charge on any atom is -0.339 e. The maximum absolute atomic E-state index is 12.7. The largest absolute Gasteiger partial charge is 0.339 e. The third-order valence-electron chi connectivity index (χ3n) is 5.19. The summed E-state index contributed by atoms with van der Waals surface area (Å²) in [6, 6.07) is 5.57. The second-order valence-electron chi connectivity index (χ2n) is 7.24. The van der Waals surface area contributed by atoms with Gasteiger partial charge in [-0.2, -0.15) is 0 Å². The van der Waals surface area contributed by atoms with Gasteiger partial charge in [0.2, 0.25) is 0 Å². The number of hydrogen-bond donors (Lipinski definition) is 1. The van der Waals surface area contributed by atoms with Crippen LogP contribution in [0.4, 0.5) is 5.69 Å². The van der Waals surface area contributed by atoms with Gasteiger partial charge in [-0.3, -0.25) is 9.79 Å². The van der Waals surface area contributed by atoms with Crippen LogP contribution in [0.1, 0.15) is 35.2 Å². The zero-order chi connectivity index (χ0) is 18.3. The number of likely N-dealkylation sites (tertiary alicyclic amines) is 1. The fourth-order valence-electron chi connectivity index (χ4n) is 3.70. The molecule has 1 aromatic carbocycles. The first-order valence-corrected chi connectivity index (χ1v) is 11.7. The zero-order valence-electron chi connectivity index (χ0n) is 14.8. The molecule has 140 valence electrons. The van der Waals surface area contributed by atoms with Crippen molar-refractivity contribution in [1.82, 2.24) is 4.90 Å². The fourth-order valence-corrected chi connectivity index (χ4v) is 7.37. The summed E-state index contributed by atoms with van der Waals surface area (Å²) in [5.74, 6) is 0.419. The van der Waals surface area contributed by atoms with Gasteiger partial charge in [-0.05, 0) is 43.9 Å². The van der Waals surface area contributed by atoms with Gasteiger partial charge >= 0.3 is 0 Å². The predicted molar refractivity (Wildman–Crippen MR) is 106 cm³/mol. The maximum atomic E-state index is 12.7. The molecule has 2 saturated heterocycles. The Morgan fingerprint density at radius 3 is 2.73 bits per heavy atom. The first-order valence-electron chi connectivity index (χ1n) is 9.03. The van der Waals surface area contributed by atoms with Crippen molar-refractivity contribution in [3.63, 3.8) is 0 Å². The number of piperidine rings is 1. The lowest BCUT2D eigenvalue weighted by atomic mass is 10.1. The van der Waals surface area contributed by atoms with Crippen LogP contribution in [0.15, 0.2) is 23.2 Å². The van der Waals surface area contributed by atoms with Crippen molar-refractivity contribution in [3.8, 4) is 0 Å².